The molecular formula is C21H25NO3. The highest BCUT2D eigenvalue weighted by Gasteiger charge is 2.31. The predicted molar refractivity (Wildman–Crippen MR) is 99.7 cm³/mol. The fourth-order valence-electron chi connectivity index (χ4n) is 3.64. The molecule has 1 heterocycles. The van der Waals surface area contributed by atoms with Crippen LogP contribution in [0.1, 0.15) is 37.3 Å². The molecule has 1 amide bonds. The van der Waals surface area contributed by atoms with Gasteiger partial charge >= 0.3 is 0 Å². The molecule has 0 saturated heterocycles. The minimum Gasteiger partial charge on any atom is -0.497 e. The van der Waals surface area contributed by atoms with Crippen LogP contribution in [0, 0.1) is 0 Å². The van der Waals surface area contributed by atoms with E-state index < -0.39 is 0 Å². The zero-order valence-corrected chi connectivity index (χ0v) is 15.3. The molecule has 132 valence electrons. The zero-order chi connectivity index (χ0) is 18.0. The van der Waals surface area contributed by atoms with Crippen molar-refractivity contribution >= 4 is 11.6 Å². The van der Waals surface area contributed by atoms with Gasteiger partial charge in [-0.1, -0.05) is 31.2 Å². The molecular weight excluding hydrogens is 314 g/mol. The van der Waals surface area contributed by atoms with Gasteiger partial charge in [0.15, 0.2) is 0 Å². The lowest BCUT2D eigenvalue weighted by atomic mass is 9.95. The third kappa shape index (κ3) is 3.34. The second-order valence-corrected chi connectivity index (χ2v) is 6.66. The summed E-state index contributed by atoms with van der Waals surface area (Å²) in [5.74, 6) is 1.73. The summed E-state index contributed by atoms with van der Waals surface area (Å²) >= 11 is 0. The first kappa shape index (κ1) is 17.3. The van der Waals surface area contributed by atoms with E-state index in [1.54, 1.807) is 14.2 Å². The van der Waals surface area contributed by atoms with Crippen molar-refractivity contribution < 1.29 is 14.3 Å². The summed E-state index contributed by atoms with van der Waals surface area (Å²) in [6.45, 7) is 4.17. The summed E-state index contributed by atoms with van der Waals surface area (Å²) in [4.78, 5) is 14.9. The van der Waals surface area contributed by atoms with E-state index in [2.05, 4.69) is 19.9 Å². The van der Waals surface area contributed by atoms with Crippen molar-refractivity contribution in [1.82, 2.24) is 0 Å². The molecule has 0 spiro atoms. The first-order valence-corrected chi connectivity index (χ1v) is 8.67. The molecule has 0 N–H and O–H groups in total. The first-order chi connectivity index (χ1) is 12.0. The molecule has 2 aromatic carbocycles. The number of amides is 1. The smallest absolute Gasteiger partial charge is 0.227 e. The van der Waals surface area contributed by atoms with Gasteiger partial charge in [-0.2, -0.15) is 0 Å². The van der Waals surface area contributed by atoms with E-state index >= 15 is 0 Å². The molecule has 0 aliphatic carbocycles. The fourth-order valence-corrected chi connectivity index (χ4v) is 3.64. The second-order valence-electron chi connectivity index (χ2n) is 6.66. The van der Waals surface area contributed by atoms with Gasteiger partial charge in [-0.25, -0.2) is 0 Å². The van der Waals surface area contributed by atoms with E-state index in [9.17, 15) is 4.79 Å². The van der Waals surface area contributed by atoms with E-state index in [1.807, 2.05) is 41.3 Å². The minimum absolute atomic E-state index is 0.0633. The van der Waals surface area contributed by atoms with E-state index in [-0.39, 0.29) is 17.9 Å². The molecule has 2 aromatic rings. The number of ether oxygens (including phenoxy) is 2. The van der Waals surface area contributed by atoms with Gasteiger partial charge in [0.2, 0.25) is 5.91 Å². The van der Waals surface area contributed by atoms with Gasteiger partial charge in [-0.15, -0.1) is 0 Å². The number of carbonyl (C=O) groups excluding carboxylic acids is 1. The Morgan fingerprint density at radius 1 is 1.20 bits per heavy atom. The first-order valence-electron chi connectivity index (χ1n) is 8.67. The maximum Gasteiger partial charge on any atom is 0.227 e. The molecule has 2 atom stereocenters. The third-order valence-corrected chi connectivity index (χ3v) is 4.93. The lowest BCUT2D eigenvalue weighted by Crippen LogP contribution is -2.36. The molecule has 3 rings (SSSR count). The van der Waals surface area contributed by atoms with Crippen LogP contribution in [0.25, 0.3) is 0 Å². The Bertz CT molecular complexity index is 771. The Morgan fingerprint density at radius 3 is 2.68 bits per heavy atom. The molecule has 25 heavy (non-hydrogen) atoms. The number of methoxy groups -OCH3 is 2. The van der Waals surface area contributed by atoms with Crippen LogP contribution in [0.15, 0.2) is 42.5 Å². The van der Waals surface area contributed by atoms with Crippen LogP contribution in [-0.2, 0) is 11.2 Å². The SMILES string of the molecule is COc1ccc(C(C)CC(=O)N2c3ccccc3CC2C)c(OC)c1. The number of carbonyl (C=O) groups is 1. The van der Waals surface area contributed by atoms with Crippen LogP contribution < -0.4 is 14.4 Å². The Labute approximate surface area is 149 Å². The van der Waals surface area contributed by atoms with Gasteiger partial charge < -0.3 is 14.4 Å². The van der Waals surface area contributed by atoms with Crippen LogP contribution in [0.3, 0.4) is 0 Å². The van der Waals surface area contributed by atoms with Crippen molar-refractivity contribution in [3.63, 3.8) is 0 Å². The van der Waals surface area contributed by atoms with Gasteiger partial charge in [0.25, 0.3) is 0 Å². The number of anilines is 1. The van der Waals surface area contributed by atoms with Crippen LogP contribution in [-0.4, -0.2) is 26.2 Å². The molecule has 0 bridgehead atoms. The van der Waals surface area contributed by atoms with Crippen LogP contribution >= 0.6 is 0 Å². The monoisotopic (exact) mass is 339 g/mol. The van der Waals surface area contributed by atoms with Crippen LogP contribution in [0.5, 0.6) is 11.5 Å². The number of nitrogens with zero attached hydrogens (tertiary/aromatic N) is 1. The minimum atomic E-state index is 0.0633. The van der Waals surface area contributed by atoms with Crippen LogP contribution in [0.2, 0.25) is 0 Å². The van der Waals surface area contributed by atoms with Crippen molar-refractivity contribution in [1.29, 1.82) is 0 Å². The standard InChI is InChI=1S/C21H25NO3/c1-14(18-10-9-17(24-3)13-20(18)25-4)11-21(23)22-15(2)12-16-7-5-6-8-19(16)22/h5-10,13-15H,11-12H2,1-4H3. The number of hydrogen-bond acceptors (Lipinski definition) is 3. The molecule has 1 aliphatic rings. The van der Waals surface area contributed by atoms with Crippen molar-refractivity contribution in [2.75, 3.05) is 19.1 Å². The molecule has 4 nitrogen and oxygen atoms in total. The van der Waals surface area contributed by atoms with Gasteiger partial charge in [-0.05, 0) is 42.5 Å². The second kappa shape index (κ2) is 7.18. The molecule has 0 fully saturated rings. The summed E-state index contributed by atoms with van der Waals surface area (Å²) in [7, 11) is 3.28. The van der Waals surface area contributed by atoms with Crippen molar-refractivity contribution in [3.8, 4) is 11.5 Å². The maximum absolute atomic E-state index is 13.0. The highest BCUT2D eigenvalue weighted by Crippen LogP contribution is 2.36. The number of benzene rings is 2. The predicted octanol–water partition coefficient (Wildman–Crippen LogP) is 4.18. The number of hydrogen-bond donors (Lipinski definition) is 0. The summed E-state index contributed by atoms with van der Waals surface area (Å²) in [6.07, 6.45) is 1.36. The van der Waals surface area contributed by atoms with Crippen LogP contribution in [0.4, 0.5) is 5.69 Å². The van der Waals surface area contributed by atoms with Gasteiger partial charge in [0.05, 0.1) is 14.2 Å². The Kier molecular flexibility index (Phi) is 4.98. The Balaban J connectivity index is 1.79. The highest BCUT2D eigenvalue weighted by atomic mass is 16.5. The average molecular weight is 339 g/mol. The number of para-hydroxylation sites is 1. The lowest BCUT2D eigenvalue weighted by molar-refractivity contribution is -0.119. The molecule has 4 heteroatoms. The maximum atomic E-state index is 13.0. The summed E-state index contributed by atoms with van der Waals surface area (Å²) in [5, 5.41) is 0. The number of rotatable bonds is 5. The quantitative estimate of drug-likeness (QED) is 0.820. The zero-order valence-electron chi connectivity index (χ0n) is 15.3. The van der Waals surface area contributed by atoms with E-state index in [4.69, 9.17) is 9.47 Å². The molecule has 0 aromatic heterocycles. The molecule has 0 radical (unpaired) electrons. The van der Waals surface area contributed by atoms with E-state index in [0.29, 0.717) is 6.42 Å². The average Bonchev–Trinajstić information content (AvgIpc) is 2.96. The third-order valence-electron chi connectivity index (χ3n) is 4.93. The van der Waals surface area contributed by atoms with Crippen molar-refractivity contribution in [3.05, 3.63) is 53.6 Å². The molecule has 0 saturated carbocycles. The van der Waals surface area contributed by atoms with E-state index in [1.165, 1.54) is 5.56 Å². The normalized spacial score (nSPS) is 17.1. The molecule has 2 unspecified atom stereocenters. The Hall–Kier alpha value is -2.49. The summed E-state index contributed by atoms with van der Waals surface area (Å²) < 4.78 is 10.7. The lowest BCUT2D eigenvalue weighted by Gasteiger charge is -2.25. The fraction of sp³-hybridized carbons (Fsp3) is 0.381. The van der Waals surface area contributed by atoms with Gasteiger partial charge in [0, 0.05) is 24.2 Å². The topological polar surface area (TPSA) is 38.8 Å². The summed E-state index contributed by atoms with van der Waals surface area (Å²) in [5.41, 5.74) is 3.32. The Morgan fingerprint density at radius 2 is 1.96 bits per heavy atom. The molecule has 1 aliphatic heterocycles. The van der Waals surface area contributed by atoms with Crippen molar-refractivity contribution in [2.24, 2.45) is 0 Å². The number of fused-ring (bicyclic) bond motifs is 1. The summed E-state index contributed by atoms with van der Waals surface area (Å²) in [6, 6.07) is 14.1. The highest BCUT2D eigenvalue weighted by molar-refractivity contribution is 5.96. The van der Waals surface area contributed by atoms with Gasteiger partial charge in [-0.3, -0.25) is 4.79 Å². The largest absolute Gasteiger partial charge is 0.497 e. The van der Waals surface area contributed by atoms with Gasteiger partial charge in [0.1, 0.15) is 11.5 Å². The van der Waals surface area contributed by atoms with Crippen molar-refractivity contribution in [2.45, 2.75) is 38.6 Å². The van der Waals surface area contributed by atoms with E-state index in [0.717, 1.165) is 29.2 Å².